The van der Waals surface area contributed by atoms with Gasteiger partial charge in [0.1, 0.15) is 5.75 Å². The van der Waals surface area contributed by atoms with Gasteiger partial charge in [-0.15, -0.1) is 0 Å². The summed E-state index contributed by atoms with van der Waals surface area (Å²) in [6.45, 7) is 0.659. The molecule has 2 unspecified atom stereocenters. The number of fused-ring (bicyclic) bond motifs is 1. The van der Waals surface area contributed by atoms with Gasteiger partial charge in [-0.3, -0.25) is 9.78 Å². The summed E-state index contributed by atoms with van der Waals surface area (Å²) in [6.07, 6.45) is 4.65. The van der Waals surface area contributed by atoms with Crippen LogP contribution < -0.4 is 21.1 Å². The second-order valence-electron chi connectivity index (χ2n) is 7.42. The fourth-order valence-electron chi connectivity index (χ4n) is 3.58. The topological polar surface area (TPSA) is 89.3 Å². The van der Waals surface area contributed by atoms with Gasteiger partial charge in [-0.05, 0) is 35.9 Å². The first-order chi connectivity index (χ1) is 15.1. The minimum absolute atomic E-state index is 0.129. The van der Waals surface area contributed by atoms with Crippen LogP contribution in [0.25, 0.3) is 0 Å². The third-order valence-electron chi connectivity index (χ3n) is 5.24. The maximum Gasteiger partial charge on any atom is 0.255 e. The predicted octanol–water partition coefficient (Wildman–Crippen LogP) is 4.16. The lowest BCUT2D eigenvalue weighted by Crippen LogP contribution is -2.32. The summed E-state index contributed by atoms with van der Waals surface area (Å²) in [6, 6.07) is 18.7. The molecule has 3 aromatic rings. The average Bonchev–Trinajstić information content (AvgIpc) is 2.80. The molecule has 0 aliphatic carbocycles. The molecule has 1 aromatic heterocycles. The molecular formula is C24H24N4O2S. The zero-order valence-corrected chi connectivity index (χ0v) is 17.8. The molecule has 1 aliphatic heterocycles. The van der Waals surface area contributed by atoms with E-state index in [1.165, 1.54) is 0 Å². The lowest BCUT2D eigenvalue weighted by atomic mass is 9.99. The van der Waals surface area contributed by atoms with Crippen molar-refractivity contribution in [2.24, 2.45) is 5.73 Å². The molecule has 6 nitrogen and oxygen atoms in total. The van der Waals surface area contributed by atoms with Crippen molar-refractivity contribution in [3.8, 4) is 5.75 Å². The maximum absolute atomic E-state index is 12.4. The molecule has 2 heterocycles. The molecule has 0 fully saturated rings. The first-order valence-corrected chi connectivity index (χ1v) is 10.6. The Morgan fingerprint density at radius 2 is 1.87 bits per heavy atom. The van der Waals surface area contributed by atoms with E-state index in [4.69, 9.17) is 22.7 Å². The third-order valence-corrected chi connectivity index (χ3v) is 5.52. The third kappa shape index (κ3) is 5.25. The van der Waals surface area contributed by atoms with Crippen LogP contribution in [0.3, 0.4) is 0 Å². The van der Waals surface area contributed by atoms with Gasteiger partial charge >= 0.3 is 0 Å². The fraction of sp³-hybridized carbons (Fsp3) is 0.208. The second kappa shape index (κ2) is 9.68. The van der Waals surface area contributed by atoms with Gasteiger partial charge in [0.05, 0.1) is 17.6 Å². The fourth-order valence-corrected chi connectivity index (χ4v) is 3.90. The van der Waals surface area contributed by atoms with Crippen LogP contribution in [-0.2, 0) is 0 Å². The molecule has 31 heavy (non-hydrogen) atoms. The minimum atomic E-state index is -0.257. The Labute approximate surface area is 186 Å². The lowest BCUT2D eigenvalue weighted by Gasteiger charge is -2.28. The van der Waals surface area contributed by atoms with Crippen molar-refractivity contribution in [3.63, 3.8) is 0 Å². The number of carbonyl (C=O) groups is 1. The quantitative estimate of drug-likeness (QED) is 0.507. The minimum Gasteiger partial charge on any atom is -0.493 e. The van der Waals surface area contributed by atoms with Crippen LogP contribution in [0.2, 0.25) is 0 Å². The zero-order valence-electron chi connectivity index (χ0n) is 17.0. The standard InChI is InChI=1S/C24H24N4O2S/c25-20(15-23(31)28-21-11-14-30-22-4-2-1-3-19(21)22)16-5-7-17(8-6-16)24(29)27-18-9-12-26-13-10-18/h1-10,12-13,20-21H,11,14-15,25H2,(H,28,31)(H,26,27,29). The summed E-state index contributed by atoms with van der Waals surface area (Å²) in [5.41, 5.74) is 9.70. The van der Waals surface area contributed by atoms with E-state index < -0.39 is 0 Å². The number of anilines is 1. The van der Waals surface area contributed by atoms with Crippen LogP contribution in [0.15, 0.2) is 73.1 Å². The summed E-state index contributed by atoms with van der Waals surface area (Å²) in [5, 5.41) is 6.28. The predicted molar refractivity (Wildman–Crippen MR) is 125 cm³/mol. The van der Waals surface area contributed by atoms with Gasteiger partial charge < -0.3 is 21.1 Å². The maximum atomic E-state index is 12.4. The van der Waals surface area contributed by atoms with Crippen LogP contribution in [0.4, 0.5) is 5.69 Å². The highest BCUT2D eigenvalue weighted by atomic mass is 32.1. The Kier molecular flexibility index (Phi) is 6.54. The highest BCUT2D eigenvalue weighted by Crippen LogP contribution is 2.31. The molecule has 0 saturated carbocycles. The normalized spacial score (nSPS) is 15.8. The van der Waals surface area contributed by atoms with Crippen molar-refractivity contribution in [3.05, 3.63) is 89.7 Å². The Hall–Kier alpha value is -3.29. The molecule has 158 valence electrons. The van der Waals surface area contributed by atoms with E-state index in [1.54, 1.807) is 36.7 Å². The number of benzene rings is 2. The SMILES string of the molecule is NC(CC(=S)NC1CCOc2ccccc21)c1ccc(C(=O)Nc2ccncc2)cc1. The number of hydrogen-bond acceptors (Lipinski definition) is 5. The monoisotopic (exact) mass is 432 g/mol. The number of rotatable bonds is 6. The second-order valence-corrected chi connectivity index (χ2v) is 7.91. The van der Waals surface area contributed by atoms with Gasteiger partial charge in [-0.2, -0.15) is 0 Å². The van der Waals surface area contributed by atoms with Crippen molar-refractivity contribution >= 4 is 28.8 Å². The van der Waals surface area contributed by atoms with Crippen LogP contribution in [0.1, 0.15) is 46.4 Å². The number of nitrogens with two attached hydrogens (primary N) is 1. The number of ether oxygens (including phenoxy) is 1. The van der Waals surface area contributed by atoms with Crippen LogP contribution in [-0.4, -0.2) is 22.5 Å². The number of pyridine rings is 1. The number of hydrogen-bond donors (Lipinski definition) is 3. The first-order valence-electron chi connectivity index (χ1n) is 10.2. The molecule has 0 radical (unpaired) electrons. The van der Waals surface area contributed by atoms with Gasteiger partial charge in [-0.1, -0.05) is 42.5 Å². The van der Waals surface area contributed by atoms with Gasteiger partial charge in [0.25, 0.3) is 5.91 Å². The van der Waals surface area contributed by atoms with Crippen LogP contribution >= 0.6 is 12.2 Å². The summed E-state index contributed by atoms with van der Waals surface area (Å²) in [4.78, 5) is 17.0. The summed E-state index contributed by atoms with van der Waals surface area (Å²) < 4.78 is 5.71. The summed E-state index contributed by atoms with van der Waals surface area (Å²) in [7, 11) is 0. The number of aromatic nitrogens is 1. The van der Waals surface area contributed by atoms with E-state index in [-0.39, 0.29) is 18.0 Å². The number of carbonyl (C=O) groups excluding carboxylic acids is 1. The molecule has 2 aromatic carbocycles. The molecule has 4 N–H and O–H groups in total. The Morgan fingerprint density at radius 1 is 1.13 bits per heavy atom. The largest absolute Gasteiger partial charge is 0.493 e. The smallest absolute Gasteiger partial charge is 0.255 e. The van der Waals surface area contributed by atoms with Crippen molar-refractivity contribution in [1.29, 1.82) is 0 Å². The van der Waals surface area contributed by atoms with E-state index in [9.17, 15) is 4.79 Å². The van der Waals surface area contributed by atoms with E-state index in [0.717, 1.165) is 23.3 Å². The van der Waals surface area contributed by atoms with Gasteiger partial charge in [0, 0.05) is 48.1 Å². The molecular weight excluding hydrogens is 408 g/mol. The van der Waals surface area contributed by atoms with Crippen LogP contribution in [0.5, 0.6) is 5.75 Å². The van der Waals surface area contributed by atoms with E-state index in [2.05, 4.69) is 21.7 Å². The molecule has 0 bridgehead atoms. The number of para-hydroxylation sites is 1. The Bertz CT molecular complexity index is 1060. The molecule has 1 aliphatic rings. The van der Waals surface area contributed by atoms with Gasteiger partial charge in [0.15, 0.2) is 0 Å². The van der Waals surface area contributed by atoms with E-state index in [0.29, 0.717) is 29.3 Å². The molecule has 7 heteroatoms. The lowest BCUT2D eigenvalue weighted by molar-refractivity contribution is 0.102. The van der Waals surface area contributed by atoms with E-state index >= 15 is 0 Å². The van der Waals surface area contributed by atoms with Gasteiger partial charge in [-0.25, -0.2) is 0 Å². The number of nitrogens with zero attached hydrogens (tertiary/aromatic N) is 1. The Balaban J connectivity index is 1.34. The van der Waals surface area contributed by atoms with Crippen molar-refractivity contribution in [2.45, 2.75) is 24.9 Å². The summed E-state index contributed by atoms with van der Waals surface area (Å²) >= 11 is 5.58. The molecule has 4 rings (SSSR count). The van der Waals surface area contributed by atoms with Gasteiger partial charge in [0.2, 0.25) is 0 Å². The van der Waals surface area contributed by atoms with Crippen molar-refractivity contribution in [2.75, 3.05) is 11.9 Å². The summed E-state index contributed by atoms with van der Waals surface area (Å²) in [5.74, 6) is 0.723. The number of thiocarbonyl (C=S) groups is 1. The number of nitrogens with one attached hydrogen (secondary N) is 2. The molecule has 0 spiro atoms. The van der Waals surface area contributed by atoms with Crippen LogP contribution in [0, 0.1) is 0 Å². The number of amides is 1. The zero-order chi connectivity index (χ0) is 21.6. The average molecular weight is 433 g/mol. The molecule has 0 saturated heterocycles. The molecule has 1 amide bonds. The molecule has 2 atom stereocenters. The highest BCUT2D eigenvalue weighted by molar-refractivity contribution is 7.80. The van der Waals surface area contributed by atoms with E-state index in [1.807, 2.05) is 30.3 Å². The Morgan fingerprint density at radius 3 is 2.65 bits per heavy atom. The highest BCUT2D eigenvalue weighted by Gasteiger charge is 2.22. The van der Waals surface area contributed by atoms with Crippen molar-refractivity contribution < 1.29 is 9.53 Å². The first kappa shape index (κ1) is 21.0. The van der Waals surface area contributed by atoms with Crippen molar-refractivity contribution in [1.82, 2.24) is 10.3 Å².